The van der Waals surface area contributed by atoms with Crippen molar-refractivity contribution in [1.29, 1.82) is 0 Å². The fraction of sp³-hybridized carbons (Fsp3) is 0.435. The van der Waals surface area contributed by atoms with Crippen molar-refractivity contribution in [3.05, 3.63) is 53.6 Å². The second-order valence-electron chi connectivity index (χ2n) is 7.71. The molecule has 29 heavy (non-hydrogen) atoms. The van der Waals surface area contributed by atoms with Crippen LogP contribution in [0.15, 0.2) is 42.5 Å². The number of hydrogen-bond acceptors (Lipinski definition) is 3. The van der Waals surface area contributed by atoms with Gasteiger partial charge in [-0.25, -0.2) is 4.79 Å². The predicted octanol–water partition coefficient (Wildman–Crippen LogP) is 2.23. The van der Waals surface area contributed by atoms with E-state index in [0.29, 0.717) is 18.0 Å². The molecule has 2 aromatic carbocycles. The Morgan fingerprint density at radius 3 is 2.62 bits per heavy atom. The van der Waals surface area contributed by atoms with Crippen molar-refractivity contribution in [3.63, 3.8) is 0 Å². The molecule has 6 heteroatoms. The smallest absolute Gasteiger partial charge is 0.319 e. The van der Waals surface area contributed by atoms with Gasteiger partial charge in [0.1, 0.15) is 5.75 Å². The number of piperazine rings is 1. The van der Waals surface area contributed by atoms with Crippen molar-refractivity contribution in [2.45, 2.75) is 20.3 Å². The number of urea groups is 1. The number of ether oxygens (including phenoxy) is 1. The van der Waals surface area contributed by atoms with Gasteiger partial charge >= 0.3 is 6.03 Å². The Morgan fingerprint density at radius 2 is 1.90 bits per heavy atom. The number of aryl methyl sites for hydroxylation is 2. The first-order valence-corrected chi connectivity index (χ1v) is 10.4. The number of methoxy groups -OCH3 is 1. The standard InChI is InChI=1S/C23H32N4O2/c1-18-9-10-22(29-3)20(17-18)25-23(28)24-11-6-12-26-13-15-27(16-14-26)21-8-5-4-7-19(21)2/h4-5,7-10,17H,6,11-16H2,1-3H3,(H2,24,25,28)/p+1. The second-order valence-corrected chi connectivity index (χ2v) is 7.71. The lowest BCUT2D eigenvalue weighted by atomic mass is 10.1. The minimum absolute atomic E-state index is 0.187. The summed E-state index contributed by atoms with van der Waals surface area (Å²) in [6.45, 7) is 10.4. The zero-order valence-electron chi connectivity index (χ0n) is 17.8. The number of hydrogen-bond donors (Lipinski definition) is 3. The van der Waals surface area contributed by atoms with Crippen molar-refractivity contribution in [2.75, 3.05) is 56.6 Å². The topological polar surface area (TPSA) is 58.0 Å². The number of carbonyl (C=O) groups is 1. The molecule has 3 rings (SSSR count). The summed E-state index contributed by atoms with van der Waals surface area (Å²) in [6, 6.07) is 14.2. The summed E-state index contributed by atoms with van der Waals surface area (Å²) in [5.74, 6) is 0.668. The lowest BCUT2D eigenvalue weighted by Crippen LogP contribution is -3.15. The second kappa shape index (κ2) is 10.2. The summed E-state index contributed by atoms with van der Waals surface area (Å²) < 4.78 is 5.30. The highest BCUT2D eigenvalue weighted by Crippen LogP contribution is 2.25. The minimum atomic E-state index is -0.187. The molecule has 0 unspecified atom stereocenters. The molecule has 156 valence electrons. The fourth-order valence-electron chi connectivity index (χ4n) is 3.86. The van der Waals surface area contributed by atoms with Crippen LogP contribution in [0, 0.1) is 13.8 Å². The third-order valence-electron chi connectivity index (χ3n) is 5.52. The largest absolute Gasteiger partial charge is 0.495 e. The first kappa shape index (κ1) is 21.0. The Kier molecular flexibility index (Phi) is 7.36. The molecule has 0 aliphatic carbocycles. The van der Waals surface area contributed by atoms with Crippen LogP contribution < -0.4 is 25.2 Å². The average molecular weight is 398 g/mol. The van der Waals surface area contributed by atoms with E-state index in [1.54, 1.807) is 12.0 Å². The maximum atomic E-state index is 12.2. The third-order valence-corrected chi connectivity index (χ3v) is 5.52. The summed E-state index contributed by atoms with van der Waals surface area (Å²) in [5.41, 5.74) is 4.48. The van der Waals surface area contributed by atoms with E-state index >= 15 is 0 Å². The minimum Gasteiger partial charge on any atom is -0.495 e. The van der Waals surface area contributed by atoms with E-state index in [4.69, 9.17) is 4.74 Å². The average Bonchev–Trinajstić information content (AvgIpc) is 2.72. The molecule has 3 N–H and O–H groups in total. The molecule has 6 nitrogen and oxygen atoms in total. The highest BCUT2D eigenvalue weighted by Gasteiger charge is 2.20. The number of quaternary nitrogens is 1. The first-order valence-electron chi connectivity index (χ1n) is 10.4. The summed E-state index contributed by atoms with van der Waals surface area (Å²) in [7, 11) is 1.61. The lowest BCUT2D eigenvalue weighted by molar-refractivity contribution is -0.900. The van der Waals surface area contributed by atoms with Crippen LogP contribution >= 0.6 is 0 Å². The monoisotopic (exact) mass is 397 g/mol. The number of rotatable bonds is 7. The molecule has 0 bridgehead atoms. The molecule has 0 radical (unpaired) electrons. The fourth-order valence-corrected chi connectivity index (χ4v) is 3.86. The number of amides is 2. The molecule has 1 fully saturated rings. The summed E-state index contributed by atoms with van der Waals surface area (Å²) in [5, 5.41) is 5.84. The quantitative estimate of drug-likeness (QED) is 0.628. The SMILES string of the molecule is COc1ccc(C)cc1NC(=O)NCCC[NH+]1CCN(c2ccccc2C)CC1. The van der Waals surface area contributed by atoms with Crippen molar-refractivity contribution >= 4 is 17.4 Å². The zero-order valence-corrected chi connectivity index (χ0v) is 17.8. The van der Waals surface area contributed by atoms with Gasteiger partial charge in [0.15, 0.2) is 0 Å². The van der Waals surface area contributed by atoms with Gasteiger partial charge in [0.25, 0.3) is 0 Å². The Bertz CT molecular complexity index is 816. The van der Waals surface area contributed by atoms with E-state index in [1.807, 2.05) is 25.1 Å². The summed E-state index contributed by atoms with van der Waals surface area (Å²) in [6.07, 6.45) is 0.970. The molecule has 2 amide bonds. The van der Waals surface area contributed by atoms with Crippen LogP contribution in [-0.2, 0) is 0 Å². The van der Waals surface area contributed by atoms with Crippen molar-refractivity contribution < 1.29 is 14.4 Å². The Hall–Kier alpha value is -2.73. The number of nitrogens with zero attached hydrogens (tertiary/aromatic N) is 1. The van der Waals surface area contributed by atoms with E-state index in [2.05, 4.69) is 46.7 Å². The van der Waals surface area contributed by atoms with Gasteiger partial charge in [-0.05, 0) is 43.2 Å². The third kappa shape index (κ3) is 5.87. The van der Waals surface area contributed by atoms with Gasteiger partial charge < -0.3 is 25.2 Å². The van der Waals surface area contributed by atoms with E-state index in [-0.39, 0.29) is 6.03 Å². The number of anilines is 2. The van der Waals surface area contributed by atoms with E-state index in [9.17, 15) is 4.79 Å². The predicted molar refractivity (Wildman–Crippen MR) is 118 cm³/mol. The Morgan fingerprint density at radius 1 is 1.14 bits per heavy atom. The van der Waals surface area contributed by atoms with Gasteiger partial charge in [-0.3, -0.25) is 0 Å². The van der Waals surface area contributed by atoms with Gasteiger partial charge in [0.05, 0.1) is 45.5 Å². The molecule has 0 aromatic heterocycles. The lowest BCUT2D eigenvalue weighted by Gasteiger charge is -2.34. The van der Waals surface area contributed by atoms with Gasteiger partial charge in [0.2, 0.25) is 0 Å². The maximum Gasteiger partial charge on any atom is 0.319 e. The van der Waals surface area contributed by atoms with E-state index < -0.39 is 0 Å². The van der Waals surface area contributed by atoms with Crippen LogP contribution in [0.1, 0.15) is 17.5 Å². The number of carbonyl (C=O) groups excluding carboxylic acids is 1. The molecular weight excluding hydrogens is 364 g/mol. The molecule has 0 saturated carbocycles. The summed E-state index contributed by atoms with van der Waals surface area (Å²) >= 11 is 0. The van der Waals surface area contributed by atoms with Crippen LogP contribution in [-0.4, -0.2) is 52.4 Å². The van der Waals surface area contributed by atoms with Crippen molar-refractivity contribution in [2.24, 2.45) is 0 Å². The van der Waals surface area contributed by atoms with Gasteiger partial charge in [-0.2, -0.15) is 0 Å². The van der Waals surface area contributed by atoms with Crippen LogP contribution in [0.5, 0.6) is 5.75 Å². The molecule has 2 aromatic rings. The Balaban J connectivity index is 1.36. The number of benzene rings is 2. The highest BCUT2D eigenvalue weighted by molar-refractivity contribution is 5.91. The molecule has 1 aliphatic heterocycles. The highest BCUT2D eigenvalue weighted by atomic mass is 16.5. The maximum absolute atomic E-state index is 12.2. The molecule has 0 atom stereocenters. The van der Waals surface area contributed by atoms with Crippen LogP contribution in [0.3, 0.4) is 0 Å². The molecule has 1 saturated heterocycles. The zero-order chi connectivity index (χ0) is 20.6. The van der Waals surface area contributed by atoms with E-state index in [1.165, 1.54) is 11.3 Å². The molecule has 0 spiro atoms. The van der Waals surface area contributed by atoms with E-state index in [0.717, 1.165) is 44.7 Å². The van der Waals surface area contributed by atoms with Crippen LogP contribution in [0.25, 0.3) is 0 Å². The molecule has 1 aliphatic rings. The summed E-state index contributed by atoms with van der Waals surface area (Å²) in [4.78, 5) is 16.3. The normalized spacial score (nSPS) is 14.5. The molecule has 1 heterocycles. The van der Waals surface area contributed by atoms with Crippen molar-refractivity contribution in [1.82, 2.24) is 5.32 Å². The number of nitrogens with one attached hydrogen (secondary N) is 3. The van der Waals surface area contributed by atoms with Crippen LogP contribution in [0.4, 0.5) is 16.2 Å². The van der Waals surface area contributed by atoms with Gasteiger partial charge in [0, 0.05) is 18.7 Å². The van der Waals surface area contributed by atoms with Gasteiger partial charge in [-0.15, -0.1) is 0 Å². The van der Waals surface area contributed by atoms with Crippen LogP contribution in [0.2, 0.25) is 0 Å². The van der Waals surface area contributed by atoms with Gasteiger partial charge in [-0.1, -0.05) is 24.3 Å². The molecular formula is C23H33N4O2+. The number of para-hydroxylation sites is 1. The van der Waals surface area contributed by atoms with Crippen molar-refractivity contribution in [3.8, 4) is 5.75 Å². The first-order chi connectivity index (χ1) is 14.1. The Labute approximate surface area is 173 Å².